The zero-order valence-electron chi connectivity index (χ0n) is 13.4. The van der Waals surface area contributed by atoms with Crippen molar-refractivity contribution in [3.8, 4) is 0 Å². The second-order valence-electron chi connectivity index (χ2n) is 7.34. The molecule has 0 radical (unpaired) electrons. The van der Waals surface area contributed by atoms with E-state index < -0.39 is 0 Å². The molecule has 0 spiro atoms. The van der Waals surface area contributed by atoms with Crippen LogP contribution in [-0.4, -0.2) is 18.1 Å². The first-order chi connectivity index (χ1) is 9.31. The highest BCUT2D eigenvalue weighted by Crippen LogP contribution is 2.35. The minimum Gasteiger partial charge on any atom is -0.356 e. The molecule has 2 heterocycles. The van der Waals surface area contributed by atoms with Crippen LogP contribution >= 0.6 is 11.6 Å². The average molecular weight is 295 g/mol. The van der Waals surface area contributed by atoms with E-state index in [1.165, 1.54) is 12.0 Å². The summed E-state index contributed by atoms with van der Waals surface area (Å²) in [6, 6.07) is 4.29. The highest BCUT2D eigenvalue weighted by atomic mass is 35.5. The van der Waals surface area contributed by atoms with E-state index in [0.29, 0.717) is 17.2 Å². The molecule has 0 amide bonds. The van der Waals surface area contributed by atoms with Crippen molar-refractivity contribution in [2.45, 2.75) is 52.8 Å². The Morgan fingerprint density at radius 3 is 2.55 bits per heavy atom. The van der Waals surface area contributed by atoms with E-state index in [2.05, 4.69) is 51.7 Å². The lowest BCUT2D eigenvalue weighted by Gasteiger charge is -2.27. The van der Waals surface area contributed by atoms with Crippen molar-refractivity contribution in [2.24, 2.45) is 11.3 Å². The number of hydrogen-bond donors (Lipinski definition) is 0. The van der Waals surface area contributed by atoms with E-state index in [-0.39, 0.29) is 0 Å². The number of halogens is 1. The summed E-state index contributed by atoms with van der Waals surface area (Å²) in [7, 11) is 0. The van der Waals surface area contributed by atoms with Crippen LogP contribution in [0.5, 0.6) is 0 Å². The van der Waals surface area contributed by atoms with Crippen LogP contribution in [0.25, 0.3) is 0 Å². The molecule has 0 aliphatic carbocycles. The SMILES string of the molecule is CC(C)c1cc(CCl)cc(N2CCC(C(C)(C)C)C2)n1. The summed E-state index contributed by atoms with van der Waals surface area (Å²) in [4.78, 5) is 7.28. The third-order valence-corrected chi connectivity index (χ3v) is 4.68. The van der Waals surface area contributed by atoms with Gasteiger partial charge in [0, 0.05) is 24.7 Å². The maximum atomic E-state index is 6.04. The third kappa shape index (κ3) is 3.46. The van der Waals surface area contributed by atoms with Gasteiger partial charge in [0.2, 0.25) is 0 Å². The number of anilines is 1. The fraction of sp³-hybridized carbons (Fsp3) is 0.706. The Kier molecular flexibility index (Phi) is 4.63. The topological polar surface area (TPSA) is 16.1 Å². The molecule has 1 aliphatic heterocycles. The molecular formula is C17H27ClN2. The van der Waals surface area contributed by atoms with Gasteiger partial charge < -0.3 is 4.90 Å². The first-order valence-electron chi connectivity index (χ1n) is 7.63. The van der Waals surface area contributed by atoms with Crippen LogP contribution in [0.15, 0.2) is 12.1 Å². The molecule has 1 atom stereocenters. The summed E-state index contributed by atoms with van der Waals surface area (Å²) in [5, 5.41) is 0. The Bertz CT molecular complexity index is 463. The summed E-state index contributed by atoms with van der Waals surface area (Å²) in [6.45, 7) is 13.6. The molecule has 1 aromatic rings. The highest BCUT2D eigenvalue weighted by molar-refractivity contribution is 6.17. The van der Waals surface area contributed by atoms with Crippen LogP contribution in [0.3, 0.4) is 0 Å². The molecule has 1 aliphatic rings. The molecule has 0 bridgehead atoms. The summed E-state index contributed by atoms with van der Waals surface area (Å²) in [6.07, 6.45) is 1.26. The summed E-state index contributed by atoms with van der Waals surface area (Å²) in [5.74, 6) is 2.86. The van der Waals surface area contributed by atoms with Crippen molar-refractivity contribution in [2.75, 3.05) is 18.0 Å². The van der Waals surface area contributed by atoms with E-state index in [4.69, 9.17) is 16.6 Å². The van der Waals surface area contributed by atoms with Gasteiger partial charge in [-0.25, -0.2) is 4.98 Å². The van der Waals surface area contributed by atoms with Crippen LogP contribution in [0, 0.1) is 11.3 Å². The largest absolute Gasteiger partial charge is 0.356 e. The third-order valence-electron chi connectivity index (χ3n) is 4.37. The van der Waals surface area contributed by atoms with Gasteiger partial charge in [-0.2, -0.15) is 0 Å². The standard InChI is InChI=1S/C17H27ClN2/c1-12(2)15-8-13(10-18)9-16(19-15)20-7-6-14(11-20)17(3,4)5/h8-9,12,14H,6-7,10-11H2,1-5H3. The fourth-order valence-electron chi connectivity index (χ4n) is 2.80. The van der Waals surface area contributed by atoms with Crippen molar-refractivity contribution < 1.29 is 0 Å². The van der Waals surface area contributed by atoms with Crippen LogP contribution in [0.4, 0.5) is 5.82 Å². The summed E-state index contributed by atoms with van der Waals surface area (Å²) in [5.41, 5.74) is 2.71. The van der Waals surface area contributed by atoms with Gasteiger partial charge in [0.1, 0.15) is 5.82 Å². The van der Waals surface area contributed by atoms with E-state index >= 15 is 0 Å². The lowest BCUT2D eigenvalue weighted by atomic mass is 9.80. The molecule has 2 rings (SSSR count). The zero-order chi connectivity index (χ0) is 14.9. The van der Waals surface area contributed by atoms with Crippen molar-refractivity contribution >= 4 is 17.4 Å². The minimum absolute atomic E-state index is 0.375. The molecule has 1 unspecified atom stereocenters. The lowest BCUT2D eigenvalue weighted by molar-refractivity contribution is 0.263. The number of alkyl halides is 1. The fourth-order valence-corrected chi connectivity index (χ4v) is 2.96. The Hall–Kier alpha value is -0.760. The van der Waals surface area contributed by atoms with E-state index in [0.717, 1.165) is 30.5 Å². The molecule has 1 fully saturated rings. The predicted octanol–water partition coefficient (Wildman–Crippen LogP) is 4.82. The molecule has 112 valence electrons. The van der Waals surface area contributed by atoms with Crippen molar-refractivity contribution in [3.05, 3.63) is 23.4 Å². The van der Waals surface area contributed by atoms with Gasteiger partial charge in [-0.05, 0) is 41.4 Å². The quantitative estimate of drug-likeness (QED) is 0.743. The summed E-state index contributed by atoms with van der Waals surface area (Å²) < 4.78 is 0. The van der Waals surface area contributed by atoms with Crippen molar-refractivity contribution in [1.82, 2.24) is 4.98 Å². The molecule has 1 saturated heterocycles. The predicted molar refractivity (Wildman–Crippen MR) is 87.7 cm³/mol. The highest BCUT2D eigenvalue weighted by Gasteiger charge is 2.32. The summed E-state index contributed by atoms with van der Waals surface area (Å²) >= 11 is 6.04. The van der Waals surface area contributed by atoms with Gasteiger partial charge in [0.15, 0.2) is 0 Å². The number of nitrogens with zero attached hydrogens (tertiary/aromatic N) is 2. The number of aromatic nitrogens is 1. The molecular weight excluding hydrogens is 268 g/mol. The van der Waals surface area contributed by atoms with Gasteiger partial charge in [0.25, 0.3) is 0 Å². The van der Waals surface area contributed by atoms with Crippen LogP contribution in [0.1, 0.15) is 58.2 Å². The molecule has 1 aromatic heterocycles. The molecule has 0 aromatic carbocycles. The Morgan fingerprint density at radius 1 is 1.35 bits per heavy atom. The minimum atomic E-state index is 0.375. The van der Waals surface area contributed by atoms with E-state index in [1.807, 2.05) is 0 Å². The normalized spacial score (nSPS) is 19.9. The molecule has 2 nitrogen and oxygen atoms in total. The second-order valence-corrected chi connectivity index (χ2v) is 7.61. The Balaban J connectivity index is 2.23. The van der Waals surface area contributed by atoms with E-state index in [9.17, 15) is 0 Å². The maximum absolute atomic E-state index is 6.04. The van der Waals surface area contributed by atoms with Crippen LogP contribution in [0.2, 0.25) is 0 Å². The Morgan fingerprint density at radius 2 is 2.05 bits per heavy atom. The van der Waals surface area contributed by atoms with Gasteiger partial charge in [-0.1, -0.05) is 34.6 Å². The first kappa shape index (κ1) is 15.6. The number of pyridine rings is 1. The Labute approximate surface area is 128 Å². The van der Waals surface area contributed by atoms with Gasteiger partial charge >= 0.3 is 0 Å². The second kappa shape index (κ2) is 5.93. The van der Waals surface area contributed by atoms with Gasteiger partial charge in [-0.15, -0.1) is 11.6 Å². The van der Waals surface area contributed by atoms with E-state index in [1.54, 1.807) is 0 Å². The monoisotopic (exact) mass is 294 g/mol. The zero-order valence-corrected chi connectivity index (χ0v) is 14.2. The van der Waals surface area contributed by atoms with Crippen LogP contribution < -0.4 is 4.90 Å². The molecule has 0 saturated carbocycles. The first-order valence-corrected chi connectivity index (χ1v) is 8.16. The van der Waals surface area contributed by atoms with Crippen molar-refractivity contribution in [1.29, 1.82) is 0 Å². The van der Waals surface area contributed by atoms with Crippen LogP contribution in [-0.2, 0) is 5.88 Å². The van der Waals surface area contributed by atoms with Gasteiger partial charge in [-0.3, -0.25) is 0 Å². The smallest absolute Gasteiger partial charge is 0.129 e. The average Bonchev–Trinajstić information content (AvgIpc) is 2.87. The van der Waals surface area contributed by atoms with Crippen molar-refractivity contribution in [3.63, 3.8) is 0 Å². The number of hydrogen-bond acceptors (Lipinski definition) is 2. The number of rotatable bonds is 3. The lowest BCUT2D eigenvalue weighted by Crippen LogP contribution is -2.26. The molecule has 20 heavy (non-hydrogen) atoms. The molecule has 0 N–H and O–H groups in total. The van der Waals surface area contributed by atoms with Gasteiger partial charge in [0.05, 0.1) is 0 Å². The maximum Gasteiger partial charge on any atom is 0.129 e. The molecule has 3 heteroatoms.